The molecule has 4 rings (SSSR count). The molecule has 0 aliphatic rings. The van der Waals surface area contributed by atoms with Crippen LogP contribution in [-0.4, -0.2) is 12.3 Å². The summed E-state index contributed by atoms with van der Waals surface area (Å²) in [5, 5.41) is 5.94. The first-order chi connectivity index (χ1) is 14.4. The van der Waals surface area contributed by atoms with E-state index in [9.17, 15) is 0 Å². The number of hydrogen-bond donors (Lipinski definition) is 0. The van der Waals surface area contributed by atoms with Crippen LogP contribution in [-0.2, 0) is 20.4 Å². The van der Waals surface area contributed by atoms with Crippen LogP contribution >= 0.6 is 15.8 Å². The number of hydrogen-bond acceptors (Lipinski definition) is 0. The molecule has 0 aliphatic heterocycles. The standard InChI is InChI=1S/C27H26P2.Pd/c1-5-14-24(15-6-1)28(25-16-7-2-8-17-25)22-13-23-29(26-18-9-3-10-19-26)27-20-11-4-12-21-27;/h1-12,14-21H,13,22-23H2;/q;+2. The summed E-state index contributed by atoms with van der Waals surface area (Å²) < 4.78 is 0. The van der Waals surface area contributed by atoms with E-state index in [1.807, 2.05) is 0 Å². The Balaban J connectivity index is 0.00000256. The van der Waals surface area contributed by atoms with Crippen LogP contribution in [0.2, 0.25) is 0 Å². The smallest absolute Gasteiger partial charge is 0.0622 e. The quantitative estimate of drug-likeness (QED) is 0.209. The van der Waals surface area contributed by atoms with E-state index in [-0.39, 0.29) is 36.3 Å². The van der Waals surface area contributed by atoms with Gasteiger partial charge in [-0.25, -0.2) is 0 Å². The van der Waals surface area contributed by atoms with E-state index < -0.39 is 0 Å². The van der Waals surface area contributed by atoms with E-state index in [0.29, 0.717) is 0 Å². The molecule has 0 unspecified atom stereocenters. The second-order valence-corrected chi connectivity index (χ2v) is 11.7. The van der Waals surface area contributed by atoms with Crippen molar-refractivity contribution in [2.45, 2.75) is 6.42 Å². The van der Waals surface area contributed by atoms with Gasteiger partial charge in [-0.15, -0.1) is 0 Å². The van der Waals surface area contributed by atoms with Crippen molar-refractivity contribution in [1.82, 2.24) is 0 Å². The van der Waals surface area contributed by atoms with Crippen molar-refractivity contribution in [2.75, 3.05) is 12.3 Å². The molecule has 0 aliphatic carbocycles. The van der Waals surface area contributed by atoms with Crippen LogP contribution in [0.3, 0.4) is 0 Å². The predicted molar refractivity (Wildman–Crippen MR) is 132 cm³/mol. The van der Waals surface area contributed by atoms with Gasteiger partial charge in [0.2, 0.25) is 0 Å². The minimum atomic E-state index is -0.309. The molecule has 0 saturated carbocycles. The first-order valence-corrected chi connectivity index (χ1v) is 13.2. The monoisotopic (exact) mass is 518 g/mol. The molecule has 0 fully saturated rings. The summed E-state index contributed by atoms with van der Waals surface area (Å²) in [5.41, 5.74) is 0. The summed E-state index contributed by atoms with van der Waals surface area (Å²) in [6.45, 7) is 0. The van der Waals surface area contributed by atoms with E-state index in [1.165, 1.54) is 40.0 Å². The van der Waals surface area contributed by atoms with Gasteiger partial charge in [0, 0.05) is 0 Å². The van der Waals surface area contributed by atoms with Gasteiger partial charge in [-0.05, 0) is 55.8 Å². The van der Waals surface area contributed by atoms with Gasteiger partial charge in [0.05, 0.1) is 0 Å². The predicted octanol–water partition coefficient (Wildman–Crippen LogP) is 5.64. The van der Waals surface area contributed by atoms with Crippen LogP contribution in [0.5, 0.6) is 0 Å². The Morgan fingerprint density at radius 2 is 0.600 bits per heavy atom. The van der Waals surface area contributed by atoms with E-state index in [4.69, 9.17) is 0 Å². The topological polar surface area (TPSA) is 0 Å². The molecule has 3 heteroatoms. The number of rotatable bonds is 8. The van der Waals surface area contributed by atoms with Crippen molar-refractivity contribution >= 4 is 37.1 Å². The van der Waals surface area contributed by atoms with Crippen LogP contribution in [0.1, 0.15) is 6.42 Å². The van der Waals surface area contributed by atoms with Crippen molar-refractivity contribution < 1.29 is 20.4 Å². The molecule has 0 amide bonds. The van der Waals surface area contributed by atoms with Crippen molar-refractivity contribution in [3.05, 3.63) is 121 Å². The minimum absolute atomic E-state index is 0. The second kappa shape index (κ2) is 12.3. The largest absolute Gasteiger partial charge is 2.00 e. The molecule has 0 radical (unpaired) electrons. The Kier molecular flexibility index (Phi) is 9.46. The molecular formula is C27H26P2Pd+2. The molecule has 4 aromatic carbocycles. The molecule has 152 valence electrons. The van der Waals surface area contributed by atoms with Crippen molar-refractivity contribution in [1.29, 1.82) is 0 Å². The molecule has 0 nitrogen and oxygen atoms in total. The Morgan fingerprint density at radius 1 is 0.367 bits per heavy atom. The van der Waals surface area contributed by atoms with E-state index in [1.54, 1.807) is 0 Å². The van der Waals surface area contributed by atoms with Crippen LogP contribution in [0.4, 0.5) is 0 Å². The van der Waals surface area contributed by atoms with E-state index in [0.717, 1.165) is 0 Å². The van der Waals surface area contributed by atoms with Gasteiger partial charge in [-0.1, -0.05) is 121 Å². The first kappa shape index (κ1) is 23.1. The van der Waals surface area contributed by atoms with Crippen LogP contribution < -0.4 is 21.2 Å². The fourth-order valence-corrected chi connectivity index (χ4v) is 8.59. The zero-order valence-corrected chi connectivity index (χ0v) is 20.2. The summed E-state index contributed by atoms with van der Waals surface area (Å²) in [7, 11) is -0.618. The summed E-state index contributed by atoms with van der Waals surface area (Å²) in [6, 6.07) is 44.3. The first-order valence-electron chi connectivity index (χ1n) is 10.2. The Morgan fingerprint density at radius 3 is 0.833 bits per heavy atom. The average Bonchev–Trinajstić information content (AvgIpc) is 2.81. The Labute approximate surface area is 196 Å². The van der Waals surface area contributed by atoms with E-state index >= 15 is 0 Å². The van der Waals surface area contributed by atoms with Crippen LogP contribution in [0.25, 0.3) is 0 Å². The normalized spacial score (nSPS) is 10.7. The van der Waals surface area contributed by atoms with Crippen molar-refractivity contribution in [3.8, 4) is 0 Å². The maximum Gasteiger partial charge on any atom is 2.00 e. The second-order valence-electron chi connectivity index (χ2n) is 7.00. The molecular weight excluding hydrogens is 493 g/mol. The molecule has 30 heavy (non-hydrogen) atoms. The summed E-state index contributed by atoms with van der Waals surface area (Å²) in [6.07, 6.45) is 3.72. The molecule has 4 aromatic rings. The average molecular weight is 519 g/mol. The van der Waals surface area contributed by atoms with Gasteiger partial charge >= 0.3 is 20.4 Å². The van der Waals surface area contributed by atoms with Crippen molar-refractivity contribution in [2.24, 2.45) is 0 Å². The maximum atomic E-state index is 2.30. The molecule has 0 saturated heterocycles. The third-order valence-electron chi connectivity index (χ3n) is 5.03. The van der Waals surface area contributed by atoms with E-state index in [2.05, 4.69) is 121 Å². The zero-order valence-electron chi connectivity index (χ0n) is 16.9. The third-order valence-corrected chi connectivity index (χ3v) is 10.2. The van der Waals surface area contributed by atoms with Gasteiger partial charge in [0.1, 0.15) is 0 Å². The van der Waals surface area contributed by atoms with Gasteiger partial charge in [-0.3, -0.25) is 0 Å². The van der Waals surface area contributed by atoms with Gasteiger partial charge in [-0.2, -0.15) is 0 Å². The summed E-state index contributed by atoms with van der Waals surface area (Å²) in [5.74, 6) is 0. The number of benzene rings is 4. The molecule has 0 heterocycles. The fourth-order valence-electron chi connectivity index (χ4n) is 3.63. The van der Waals surface area contributed by atoms with Crippen molar-refractivity contribution in [3.63, 3.8) is 0 Å². The zero-order chi connectivity index (χ0) is 19.7. The molecule has 0 N–H and O–H groups in total. The fraction of sp³-hybridized carbons (Fsp3) is 0.111. The SMILES string of the molecule is [Pd+2].c1ccc(P(CCCP(c2ccccc2)c2ccccc2)c2ccccc2)cc1. The summed E-state index contributed by atoms with van der Waals surface area (Å²) >= 11 is 0. The molecule has 0 atom stereocenters. The minimum Gasteiger partial charge on any atom is -0.0622 e. The molecule has 0 aromatic heterocycles. The maximum absolute atomic E-state index is 2.30. The molecule has 0 spiro atoms. The summed E-state index contributed by atoms with van der Waals surface area (Å²) in [4.78, 5) is 0. The van der Waals surface area contributed by atoms with Gasteiger partial charge in [0.25, 0.3) is 0 Å². The Bertz CT molecular complexity index is 814. The van der Waals surface area contributed by atoms with Crippen LogP contribution in [0, 0.1) is 0 Å². The van der Waals surface area contributed by atoms with Crippen LogP contribution in [0.15, 0.2) is 121 Å². The molecule has 0 bridgehead atoms. The Hall–Kier alpha value is -1.60. The third kappa shape index (κ3) is 6.20. The van der Waals surface area contributed by atoms with Gasteiger partial charge in [0.15, 0.2) is 0 Å². The van der Waals surface area contributed by atoms with Gasteiger partial charge < -0.3 is 0 Å².